The zero-order chi connectivity index (χ0) is 16.5. The number of imidazole rings is 1. The number of para-hydroxylation sites is 2. The fourth-order valence-electron chi connectivity index (χ4n) is 3.40. The van der Waals surface area contributed by atoms with Gasteiger partial charge in [0.1, 0.15) is 5.82 Å². The highest BCUT2D eigenvalue weighted by atomic mass is 16.4. The minimum atomic E-state index is -0.899. The fourth-order valence-corrected chi connectivity index (χ4v) is 3.40. The molecule has 3 aromatic rings. The van der Waals surface area contributed by atoms with Crippen molar-refractivity contribution in [2.45, 2.75) is 25.4 Å². The number of hydrogen-bond donors (Lipinski definition) is 2. The number of nitrogens with one attached hydrogen (secondary N) is 1. The molecule has 24 heavy (non-hydrogen) atoms. The van der Waals surface area contributed by atoms with Gasteiger partial charge in [0.15, 0.2) is 0 Å². The lowest BCUT2D eigenvalue weighted by molar-refractivity contribution is 0.0697. The van der Waals surface area contributed by atoms with Crippen molar-refractivity contribution < 1.29 is 9.90 Å². The summed E-state index contributed by atoms with van der Waals surface area (Å²) >= 11 is 0. The highest BCUT2D eigenvalue weighted by molar-refractivity contribution is 5.87. The third-order valence-electron chi connectivity index (χ3n) is 4.58. The molecular weight excluding hydrogens is 302 g/mol. The molecule has 5 heteroatoms. The van der Waals surface area contributed by atoms with Crippen molar-refractivity contribution in [3.8, 4) is 0 Å². The molecule has 0 saturated carbocycles. The Kier molecular flexibility index (Phi) is 3.78. The molecule has 1 aromatic heterocycles. The van der Waals surface area contributed by atoms with Crippen LogP contribution in [-0.2, 0) is 6.42 Å². The molecular formula is C19H19N3O2. The molecule has 0 bridgehead atoms. The van der Waals surface area contributed by atoms with Gasteiger partial charge in [0.25, 0.3) is 0 Å². The zero-order valence-electron chi connectivity index (χ0n) is 13.3. The average molecular weight is 321 g/mol. The van der Waals surface area contributed by atoms with Gasteiger partial charge in [-0.15, -0.1) is 0 Å². The van der Waals surface area contributed by atoms with Crippen molar-refractivity contribution in [1.29, 1.82) is 0 Å². The van der Waals surface area contributed by atoms with Gasteiger partial charge >= 0.3 is 5.97 Å². The van der Waals surface area contributed by atoms with Crippen LogP contribution >= 0.6 is 0 Å². The number of carboxylic acid groups (broad SMARTS) is 1. The summed E-state index contributed by atoms with van der Waals surface area (Å²) in [7, 11) is 0. The summed E-state index contributed by atoms with van der Waals surface area (Å²) in [6.45, 7) is 1.03. The van der Waals surface area contributed by atoms with E-state index >= 15 is 0 Å². The first-order valence-corrected chi connectivity index (χ1v) is 8.24. The maximum absolute atomic E-state index is 11.0. The molecule has 1 atom stereocenters. The first kappa shape index (κ1) is 14.9. The molecule has 2 heterocycles. The molecule has 4 rings (SSSR count). The van der Waals surface area contributed by atoms with Gasteiger partial charge < -0.3 is 9.67 Å². The highest BCUT2D eigenvalue weighted by Gasteiger charge is 2.22. The first-order valence-electron chi connectivity index (χ1n) is 8.24. The number of nitrogens with zero attached hydrogens (tertiary/aromatic N) is 2. The Bertz CT molecular complexity index is 877. The maximum Gasteiger partial charge on any atom is 0.335 e. The summed E-state index contributed by atoms with van der Waals surface area (Å²) < 4.78 is 2.30. The van der Waals surface area contributed by atoms with E-state index in [9.17, 15) is 4.79 Å². The zero-order valence-corrected chi connectivity index (χ0v) is 13.3. The molecule has 5 nitrogen and oxygen atoms in total. The first-order chi connectivity index (χ1) is 11.7. The quantitative estimate of drug-likeness (QED) is 0.774. The van der Waals surface area contributed by atoms with Crippen molar-refractivity contribution in [3.05, 3.63) is 65.5 Å². The number of carboxylic acids is 1. The molecule has 0 radical (unpaired) electrons. The SMILES string of the molecule is O=C(O)c1ccc(Cc2nc3ccccc3n2C2CCCN2)cc1. The fraction of sp³-hybridized carbons (Fsp3) is 0.263. The molecule has 2 N–H and O–H groups in total. The number of carbonyl (C=O) groups is 1. The Morgan fingerprint density at radius 3 is 2.71 bits per heavy atom. The predicted molar refractivity (Wildman–Crippen MR) is 92.2 cm³/mol. The summed E-state index contributed by atoms with van der Waals surface area (Å²) in [5.41, 5.74) is 3.52. The van der Waals surface area contributed by atoms with E-state index in [1.807, 2.05) is 30.3 Å². The van der Waals surface area contributed by atoms with E-state index in [1.165, 1.54) is 6.42 Å². The Labute approximate surface area is 139 Å². The van der Waals surface area contributed by atoms with Crippen molar-refractivity contribution >= 4 is 17.0 Å². The van der Waals surface area contributed by atoms with Crippen LogP contribution in [0.25, 0.3) is 11.0 Å². The number of benzene rings is 2. The molecule has 1 saturated heterocycles. The number of rotatable bonds is 4. The number of hydrogen-bond acceptors (Lipinski definition) is 3. The van der Waals surface area contributed by atoms with E-state index < -0.39 is 5.97 Å². The van der Waals surface area contributed by atoms with Crippen LogP contribution in [0, 0.1) is 0 Å². The Morgan fingerprint density at radius 1 is 1.21 bits per heavy atom. The largest absolute Gasteiger partial charge is 0.478 e. The minimum Gasteiger partial charge on any atom is -0.478 e. The molecule has 0 spiro atoms. The molecule has 122 valence electrons. The van der Waals surface area contributed by atoms with Gasteiger partial charge in [-0.2, -0.15) is 0 Å². The molecule has 1 aliphatic rings. The summed E-state index contributed by atoms with van der Waals surface area (Å²) in [4.78, 5) is 15.8. The van der Waals surface area contributed by atoms with E-state index in [1.54, 1.807) is 12.1 Å². The van der Waals surface area contributed by atoms with Gasteiger partial charge in [-0.05, 0) is 49.2 Å². The van der Waals surface area contributed by atoms with Crippen LogP contribution in [-0.4, -0.2) is 27.2 Å². The van der Waals surface area contributed by atoms with Crippen molar-refractivity contribution in [2.24, 2.45) is 0 Å². The smallest absolute Gasteiger partial charge is 0.335 e. The Hall–Kier alpha value is -2.66. The van der Waals surface area contributed by atoms with Gasteiger partial charge in [-0.1, -0.05) is 24.3 Å². The average Bonchev–Trinajstić information content (AvgIpc) is 3.22. The maximum atomic E-state index is 11.0. The summed E-state index contributed by atoms with van der Waals surface area (Å²) in [6.07, 6.45) is 3.24. The van der Waals surface area contributed by atoms with Crippen LogP contribution in [0.5, 0.6) is 0 Å². The highest BCUT2D eigenvalue weighted by Crippen LogP contribution is 2.26. The van der Waals surface area contributed by atoms with E-state index in [0.717, 1.165) is 35.4 Å². The van der Waals surface area contributed by atoms with Crippen molar-refractivity contribution in [3.63, 3.8) is 0 Å². The second kappa shape index (κ2) is 6.09. The molecule has 1 aliphatic heterocycles. The lowest BCUT2D eigenvalue weighted by atomic mass is 10.1. The van der Waals surface area contributed by atoms with E-state index in [2.05, 4.69) is 16.0 Å². The minimum absolute atomic E-state index is 0.283. The van der Waals surface area contributed by atoms with Crippen LogP contribution in [0.15, 0.2) is 48.5 Å². The third kappa shape index (κ3) is 2.67. The lowest BCUT2D eigenvalue weighted by Gasteiger charge is -2.17. The molecule has 1 unspecified atom stereocenters. The number of fused-ring (bicyclic) bond motifs is 1. The predicted octanol–water partition coefficient (Wildman–Crippen LogP) is 3.21. The van der Waals surface area contributed by atoms with Crippen molar-refractivity contribution in [1.82, 2.24) is 14.9 Å². The lowest BCUT2D eigenvalue weighted by Crippen LogP contribution is -2.21. The van der Waals surface area contributed by atoms with Crippen LogP contribution in [0.3, 0.4) is 0 Å². The standard InChI is InChI=1S/C19H19N3O2/c23-19(24)14-9-7-13(8-10-14)12-18-21-15-4-1-2-5-16(15)22(18)17-6-3-11-20-17/h1-2,4-5,7-10,17,20H,3,6,11-12H2,(H,23,24). The second-order valence-electron chi connectivity index (χ2n) is 6.18. The van der Waals surface area contributed by atoms with E-state index in [-0.39, 0.29) is 6.17 Å². The summed E-state index contributed by atoms with van der Waals surface area (Å²) in [5.74, 6) is 0.114. The van der Waals surface area contributed by atoms with Crippen LogP contribution in [0.1, 0.15) is 40.8 Å². The van der Waals surface area contributed by atoms with Crippen molar-refractivity contribution in [2.75, 3.05) is 6.54 Å². The van der Waals surface area contributed by atoms with Gasteiger partial charge in [-0.25, -0.2) is 9.78 Å². The number of aromatic carboxylic acids is 1. The topological polar surface area (TPSA) is 67.1 Å². The molecule has 2 aromatic carbocycles. The number of aromatic nitrogens is 2. The second-order valence-corrected chi connectivity index (χ2v) is 6.18. The normalized spacial score (nSPS) is 17.4. The van der Waals surface area contributed by atoms with Gasteiger partial charge in [-0.3, -0.25) is 5.32 Å². The monoisotopic (exact) mass is 321 g/mol. The molecule has 0 aliphatic carbocycles. The van der Waals surface area contributed by atoms with Gasteiger partial charge in [0.05, 0.1) is 22.8 Å². The van der Waals surface area contributed by atoms with E-state index in [0.29, 0.717) is 12.0 Å². The Morgan fingerprint density at radius 2 is 2.00 bits per heavy atom. The van der Waals surface area contributed by atoms with Gasteiger partial charge in [0, 0.05) is 6.42 Å². The summed E-state index contributed by atoms with van der Waals surface area (Å²) in [6, 6.07) is 15.2. The molecule has 1 fully saturated rings. The third-order valence-corrected chi connectivity index (χ3v) is 4.58. The van der Waals surface area contributed by atoms with Crippen LogP contribution < -0.4 is 5.32 Å². The van der Waals surface area contributed by atoms with Gasteiger partial charge in [0.2, 0.25) is 0 Å². The Balaban J connectivity index is 1.72. The molecule has 0 amide bonds. The van der Waals surface area contributed by atoms with E-state index in [4.69, 9.17) is 10.1 Å². The van der Waals surface area contributed by atoms with Crippen LogP contribution in [0.4, 0.5) is 0 Å². The summed E-state index contributed by atoms with van der Waals surface area (Å²) in [5, 5.41) is 12.6. The van der Waals surface area contributed by atoms with Crippen LogP contribution in [0.2, 0.25) is 0 Å².